The topological polar surface area (TPSA) is 76.4 Å². The van der Waals surface area contributed by atoms with Gasteiger partial charge in [-0.1, -0.05) is 26.3 Å². The molecule has 2 aromatic carbocycles. The standard InChI is InChI=1S/C29H33FN6O2/c1-5-7-19(2)26-31-27(25-20(3)33-36(28(25)32-26)23-12-10-22(30)11-13-23)34-14-16-35(17-15-34)29(37)21-8-6-9-24(18-21)38-4/h6,8-13,18-19H,5,7,14-17H2,1-4H3/t19-/m1/s1. The zero-order valence-corrected chi connectivity index (χ0v) is 22.3. The van der Waals surface area contributed by atoms with E-state index in [0.29, 0.717) is 43.1 Å². The molecule has 0 spiro atoms. The van der Waals surface area contributed by atoms with Gasteiger partial charge in [0.1, 0.15) is 23.2 Å². The Hall–Kier alpha value is -4.01. The number of fused-ring (bicyclic) bond motifs is 1. The Balaban J connectivity index is 1.48. The van der Waals surface area contributed by atoms with Crippen LogP contribution in [0.3, 0.4) is 0 Å². The molecule has 0 saturated carbocycles. The van der Waals surface area contributed by atoms with Crippen LogP contribution in [0.15, 0.2) is 48.5 Å². The minimum atomic E-state index is -0.295. The van der Waals surface area contributed by atoms with Crippen LogP contribution in [-0.2, 0) is 0 Å². The van der Waals surface area contributed by atoms with Gasteiger partial charge < -0.3 is 14.5 Å². The SMILES string of the molecule is CCC[C@@H](C)c1nc(N2CCN(C(=O)c3cccc(OC)c3)CC2)c2c(C)nn(-c3ccc(F)cc3)c2n1. The van der Waals surface area contributed by atoms with Gasteiger partial charge in [0.25, 0.3) is 5.91 Å². The number of carbonyl (C=O) groups is 1. The van der Waals surface area contributed by atoms with Crippen molar-refractivity contribution in [3.63, 3.8) is 0 Å². The summed E-state index contributed by atoms with van der Waals surface area (Å²) in [7, 11) is 1.60. The number of carbonyl (C=O) groups excluding carboxylic acids is 1. The van der Waals surface area contributed by atoms with E-state index >= 15 is 0 Å². The van der Waals surface area contributed by atoms with Crippen molar-refractivity contribution >= 4 is 22.8 Å². The monoisotopic (exact) mass is 516 g/mol. The molecule has 0 N–H and O–H groups in total. The van der Waals surface area contributed by atoms with E-state index in [-0.39, 0.29) is 17.6 Å². The summed E-state index contributed by atoms with van der Waals surface area (Å²) in [4.78, 5) is 27.3. The molecule has 1 amide bonds. The average molecular weight is 517 g/mol. The molecular weight excluding hydrogens is 483 g/mol. The molecule has 1 fully saturated rings. The first-order chi connectivity index (χ1) is 18.4. The fourth-order valence-corrected chi connectivity index (χ4v) is 5.01. The number of hydrogen-bond acceptors (Lipinski definition) is 6. The molecule has 1 atom stereocenters. The number of ether oxygens (including phenoxy) is 1. The molecule has 1 saturated heterocycles. The van der Waals surface area contributed by atoms with Crippen LogP contribution in [0, 0.1) is 12.7 Å². The van der Waals surface area contributed by atoms with E-state index in [0.717, 1.165) is 41.3 Å². The molecule has 2 aromatic heterocycles. The lowest BCUT2D eigenvalue weighted by atomic mass is 10.1. The highest BCUT2D eigenvalue weighted by molar-refractivity contribution is 5.95. The number of amides is 1. The molecule has 5 rings (SSSR count). The largest absolute Gasteiger partial charge is 0.497 e. The molecule has 8 nitrogen and oxygen atoms in total. The Labute approximate surface area is 222 Å². The van der Waals surface area contributed by atoms with Crippen LogP contribution in [0.4, 0.5) is 10.2 Å². The summed E-state index contributed by atoms with van der Waals surface area (Å²) >= 11 is 0. The van der Waals surface area contributed by atoms with Gasteiger partial charge in [0, 0.05) is 37.7 Å². The highest BCUT2D eigenvalue weighted by Crippen LogP contribution is 2.32. The van der Waals surface area contributed by atoms with Crippen LogP contribution in [0.2, 0.25) is 0 Å². The van der Waals surface area contributed by atoms with Crippen molar-refractivity contribution in [1.29, 1.82) is 0 Å². The molecule has 0 radical (unpaired) electrons. The number of methoxy groups -OCH3 is 1. The van der Waals surface area contributed by atoms with Gasteiger partial charge in [0.05, 0.1) is 23.9 Å². The van der Waals surface area contributed by atoms with Gasteiger partial charge in [-0.25, -0.2) is 19.0 Å². The van der Waals surface area contributed by atoms with Crippen LogP contribution in [0.5, 0.6) is 5.75 Å². The fraction of sp³-hybridized carbons (Fsp3) is 0.379. The summed E-state index contributed by atoms with van der Waals surface area (Å²) in [5, 5.41) is 5.66. The quantitative estimate of drug-likeness (QED) is 0.339. The second kappa shape index (κ2) is 10.8. The number of rotatable bonds is 7. The van der Waals surface area contributed by atoms with Gasteiger partial charge in [-0.3, -0.25) is 4.79 Å². The zero-order chi connectivity index (χ0) is 26.8. The van der Waals surface area contributed by atoms with Gasteiger partial charge >= 0.3 is 0 Å². The molecule has 38 heavy (non-hydrogen) atoms. The van der Waals surface area contributed by atoms with E-state index < -0.39 is 0 Å². The predicted molar refractivity (Wildman–Crippen MR) is 146 cm³/mol. The first-order valence-electron chi connectivity index (χ1n) is 13.1. The minimum absolute atomic E-state index is 0.00560. The number of aryl methyl sites for hydroxylation is 1. The van der Waals surface area contributed by atoms with E-state index in [1.54, 1.807) is 30.0 Å². The number of anilines is 1. The molecule has 1 aliphatic heterocycles. The van der Waals surface area contributed by atoms with Crippen molar-refractivity contribution in [2.24, 2.45) is 0 Å². The van der Waals surface area contributed by atoms with Crippen LogP contribution < -0.4 is 9.64 Å². The first-order valence-corrected chi connectivity index (χ1v) is 13.1. The maximum Gasteiger partial charge on any atom is 0.254 e. The molecular formula is C29H33FN6O2. The van der Waals surface area contributed by atoms with Crippen LogP contribution >= 0.6 is 0 Å². The van der Waals surface area contributed by atoms with Crippen LogP contribution in [0.1, 0.15) is 54.5 Å². The molecule has 0 unspecified atom stereocenters. The number of hydrogen-bond donors (Lipinski definition) is 0. The normalized spacial score (nSPS) is 14.7. The summed E-state index contributed by atoms with van der Waals surface area (Å²) in [5.41, 5.74) is 2.89. The van der Waals surface area contributed by atoms with E-state index in [1.165, 1.54) is 12.1 Å². The third-order valence-electron chi connectivity index (χ3n) is 7.12. The van der Waals surface area contributed by atoms with Crippen molar-refractivity contribution in [1.82, 2.24) is 24.6 Å². The van der Waals surface area contributed by atoms with E-state index in [1.807, 2.05) is 30.0 Å². The predicted octanol–water partition coefficient (Wildman–Crippen LogP) is 5.14. The van der Waals surface area contributed by atoms with Crippen molar-refractivity contribution in [2.75, 3.05) is 38.2 Å². The Morgan fingerprint density at radius 2 is 1.82 bits per heavy atom. The molecule has 0 bridgehead atoms. The highest BCUT2D eigenvalue weighted by atomic mass is 19.1. The molecule has 198 valence electrons. The maximum atomic E-state index is 13.6. The summed E-state index contributed by atoms with van der Waals surface area (Å²) in [5.74, 6) is 2.15. The van der Waals surface area contributed by atoms with Crippen molar-refractivity contribution in [2.45, 2.75) is 39.5 Å². The van der Waals surface area contributed by atoms with E-state index in [9.17, 15) is 9.18 Å². The second-order valence-electron chi connectivity index (χ2n) is 9.78. The summed E-state index contributed by atoms with van der Waals surface area (Å²) in [6, 6.07) is 13.5. The average Bonchev–Trinajstić information content (AvgIpc) is 3.29. The number of nitrogens with zero attached hydrogens (tertiary/aromatic N) is 6. The summed E-state index contributed by atoms with van der Waals surface area (Å²) < 4.78 is 20.7. The number of benzene rings is 2. The third-order valence-corrected chi connectivity index (χ3v) is 7.12. The van der Waals surface area contributed by atoms with Crippen LogP contribution in [0.25, 0.3) is 16.7 Å². The second-order valence-corrected chi connectivity index (χ2v) is 9.78. The van der Waals surface area contributed by atoms with E-state index in [4.69, 9.17) is 19.8 Å². The molecule has 9 heteroatoms. The van der Waals surface area contributed by atoms with Gasteiger partial charge in [0.2, 0.25) is 0 Å². The molecule has 3 heterocycles. The fourth-order valence-electron chi connectivity index (χ4n) is 5.01. The van der Waals surface area contributed by atoms with Gasteiger partial charge in [-0.15, -0.1) is 0 Å². The summed E-state index contributed by atoms with van der Waals surface area (Å²) in [6.45, 7) is 8.69. The number of aromatic nitrogens is 4. The maximum absolute atomic E-state index is 13.6. The highest BCUT2D eigenvalue weighted by Gasteiger charge is 2.27. The Morgan fingerprint density at radius 3 is 2.50 bits per heavy atom. The Bertz CT molecular complexity index is 1440. The Morgan fingerprint density at radius 1 is 1.08 bits per heavy atom. The molecule has 1 aliphatic rings. The zero-order valence-electron chi connectivity index (χ0n) is 22.3. The first kappa shape index (κ1) is 25.6. The molecule has 4 aromatic rings. The van der Waals surface area contributed by atoms with Crippen molar-refractivity contribution in [3.8, 4) is 11.4 Å². The smallest absolute Gasteiger partial charge is 0.254 e. The summed E-state index contributed by atoms with van der Waals surface area (Å²) in [6.07, 6.45) is 2.00. The van der Waals surface area contributed by atoms with Gasteiger partial charge in [-0.2, -0.15) is 5.10 Å². The van der Waals surface area contributed by atoms with Crippen molar-refractivity contribution in [3.05, 3.63) is 71.4 Å². The Kier molecular flexibility index (Phi) is 7.26. The van der Waals surface area contributed by atoms with Crippen LogP contribution in [-0.4, -0.2) is 63.8 Å². The van der Waals surface area contributed by atoms with Gasteiger partial charge in [0.15, 0.2) is 5.65 Å². The lowest BCUT2D eigenvalue weighted by Crippen LogP contribution is -2.49. The van der Waals surface area contributed by atoms with Gasteiger partial charge in [-0.05, 0) is 55.8 Å². The van der Waals surface area contributed by atoms with E-state index in [2.05, 4.69) is 18.7 Å². The third kappa shape index (κ3) is 4.92. The molecule has 0 aliphatic carbocycles. The number of piperazine rings is 1. The minimum Gasteiger partial charge on any atom is -0.497 e. The lowest BCUT2D eigenvalue weighted by Gasteiger charge is -2.36. The lowest BCUT2D eigenvalue weighted by molar-refractivity contribution is 0.0746. The van der Waals surface area contributed by atoms with Crippen molar-refractivity contribution < 1.29 is 13.9 Å². The number of halogens is 1.